The van der Waals surface area contributed by atoms with Gasteiger partial charge in [-0.05, 0) is 36.9 Å². The molecular formula is C26H31ClN4O3. The van der Waals surface area contributed by atoms with Crippen molar-refractivity contribution >= 4 is 17.5 Å². The molecule has 1 aromatic heterocycles. The predicted octanol–water partition coefficient (Wildman–Crippen LogP) is 4.20. The highest BCUT2D eigenvalue weighted by Crippen LogP contribution is 2.30. The van der Waals surface area contributed by atoms with Crippen LogP contribution in [0.5, 0.6) is 5.75 Å². The smallest absolute Gasteiger partial charge is 0.254 e. The molecule has 0 radical (unpaired) electrons. The van der Waals surface area contributed by atoms with E-state index >= 15 is 0 Å². The van der Waals surface area contributed by atoms with E-state index < -0.39 is 0 Å². The van der Waals surface area contributed by atoms with Crippen LogP contribution in [0.2, 0.25) is 5.02 Å². The summed E-state index contributed by atoms with van der Waals surface area (Å²) in [7, 11) is 3.31. The second-order valence-electron chi connectivity index (χ2n) is 8.30. The van der Waals surface area contributed by atoms with Gasteiger partial charge in [-0.25, -0.2) is 4.68 Å². The van der Waals surface area contributed by atoms with Gasteiger partial charge in [0.2, 0.25) is 0 Å². The monoisotopic (exact) mass is 482 g/mol. The maximum absolute atomic E-state index is 13.4. The van der Waals surface area contributed by atoms with Gasteiger partial charge in [-0.15, -0.1) is 0 Å². The maximum Gasteiger partial charge on any atom is 0.254 e. The number of benzene rings is 2. The second-order valence-corrected chi connectivity index (χ2v) is 8.74. The maximum atomic E-state index is 13.4. The molecule has 1 amide bonds. The number of fused-ring (bicyclic) bond motifs is 1. The summed E-state index contributed by atoms with van der Waals surface area (Å²) in [5, 5.41) is 5.57. The van der Waals surface area contributed by atoms with Crippen LogP contribution >= 0.6 is 11.6 Å². The van der Waals surface area contributed by atoms with Gasteiger partial charge in [0, 0.05) is 49.3 Å². The van der Waals surface area contributed by atoms with Crippen molar-refractivity contribution in [3.63, 3.8) is 0 Å². The van der Waals surface area contributed by atoms with Gasteiger partial charge >= 0.3 is 0 Å². The molecule has 2 heterocycles. The Kier molecular flexibility index (Phi) is 7.88. The number of methoxy groups -OCH3 is 2. The second kappa shape index (κ2) is 11.0. The van der Waals surface area contributed by atoms with Crippen LogP contribution in [0.3, 0.4) is 0 Å². The fraction of sp³-hybridized carbons (Fsp3) is 0.385. The number of carbonyl (C=O) groups is 1. The minimum atomic E-state index is -0.0942. The summed E-state index contributed by atoms with van der Waals surface area (Å²) in [4.78, 5) is 17.6. The Morgan fingerprint density at radius 1 is 1.18 bits per heavy atom. The Balaban J connectivity index is 1.74. The molecule has 34 heavy (non-hydrogen) atoms. The first-order valence-corrected chi connectivity index (χ1v) is 11.9. The first-order valence-electron chi connectivity index (χ1n) is 11.5. The van der Waals surface area contributed by atoms with Crippen molar-refractivity contribution in [2.45, 2.75) is 26.4 Å². The number of aromatic nitrogens is 2. The van der Waals surface area contributed by atoms with Gasteiger partial charge in [-0.1, -0.05) is 36.7 Å². The predicted molar refractivity (Wildman–Crippen MR) is 133 cm³/mol. The van der Waals surface area contributed by atoms with E-state index in [-0.39, 0.29) is 5.91 Å². The molecule has 0 atom stereocenters. The summed E-state index contributed by atoms with van der Waals surface area (Å²) in [6.45, 7) is 6.18. The lowest BCUT2D eigenvalue weighted by atomic mass is 10.0. The fourth-order valence-electron chi connectivity index (χ4n) is 4.38. The average Bonchev–Trinajstić information content (AvgIpc) is 3.23. The number of para-hydroxylation sites is 2. The molecule has 4 rings (SSSR count). The van der Waals surface area contributed by atoms with Crippen LogP contribution in [0, 0.1) is 0 Å². The number of likely N-dealkylation sites (N-methyl/N-ethyl adjacent to an activating group) is 1. The van der Waals surface area contributed by atoms with E-state index in [4.69, 9.17) is 26.2 Å². The summed E-state index contributed by atoms with van der Waals surface area (Å²) in [6.07, 6.45) is 0.883. The van der Waals surface area contributed by atoms with E-state index in [2.05, 4.69) is 11.8 Å². The zero-order valence-electron chi connectivity index (χ0n) is 20.0. The quantitative estimate of drug-likeness (QED) is 0.457. The number of ether oxygens (including phenoxy) is 2. The van der Waals surface area contributed by atoms with E-state index in [9.17, 15) is 4.79 Å². The molecule has 1 aliphatic heterocycles. The molecule has 0 aliphatic carbocycles. The Labute approximate surface area is 205 Å². The Hall–Kier alpha value is -2.87. The molecule has 7 nitrogen and oxygen atoms in total. The molecule has 2 aromatic carbocycles. The van der Waals surface area contributed by atoms with Gasteiger partial charge in [0.05, 0.1) is 31.6 Å². The van der Waals surface area contributed by atoms with Crippen molar-refractivity contribution < 1.29 is 14.3 Å². The standard InChI is InChI=1S/C26H31ClN4O3/c1-4-29-13-12-23-21(17-29)22(28-31(23)24-10-5-6-11-25(24)34-3)18-30(14-15-33-2)26(32)19-8-7-9-20(27)16-19/h5-11,16H,4,12-15,17-18H2,1-3H3. The number of nitrogens with zero attached hydrogens (tertiary/aromatic N) is 4. The number of rotatable bonds is 9. The number of halogens is 1. The minimum absolute atomic E-state index is 0.0942. The molecule has 1 aliphatic rings. The van der Waals surface area contributed by atoms with Crippen LogP contribution in [0.4, 0.5) is 0 Å². The number of hydrogen-bond acceptors (Lipinski definition) is 5. The van der Waals surface area contributed by atoms with Crippen LogP contribution in [0.15, 0.2) is 48.5 Å². The minimum Gasteiger partial charge on any atom is -0.494 e. The first-order chi connectivity index (χ1) is 16.5. The fourth-order valence-corrected chi connectivity index (χ4v) is 4.57. The molecule has 0 bridgehead atoms. The van der Waals surface area contributed by atoms with E-state index in [1.54, 1.807) is 43.4 Å². The molecule has 180 valence electrons. The third-order valence-corrected chi connectivity index (χ3v) is 6.48. The third kappa shape index (κ3) is 5.12. The zero-order valence-corrected chi connectivity index (χ0v) is 20.7. The summed E-state index contributed by atoms with van der Waals surface area (Å²) in [5.41, 5.74) is 4.70. The molecule has 3 aromatic rings. The Morgan fingerprint density at radius 3 is 2.74 bits per heavy atom. The summed E-state index contributed by atoms with van der Waals surface area (Å²) in [6, 6.07) is 14.9. The summed E-state index contributed by atoms with van der Waals surface area (Å²) >= 11 is 6.16. The SMILES string of the molecule is CCN1CCc2c(c(CN(CCOC)C(=O)c3cccc(Cl)c3)nn2-c2ccccc2OC)C1. The van der Waals surface area contributed by atoms with E-state index in [1.807, 2.05) is 28.9 Å². The lowest BCUT2D eigenvalue weighted by molar-refractivity contribution is 0.0676. The average molecular weight is 483 g/mol. The molecule has 8 heteroatoms. The van der Waals surface area contributed by atoms with Gasteiger partial charge in [-0.2, -0.15) is 5.10 Å². The van der Waals surface area contributed by atoms with Crippen molar-refractivity contribution in [2.75, 3.05) is 40.5 Å². The molecular weight excluding hydrogens is 452 g/mol. The van der Waals surface area contributed by atoms with E-state index in [1.165, 1.54) is 11.3 Å². The summed E-state index contributed by atoms with van der Waals surface area (Å²) in [5.74, 6) is 0.673. The van der Waals surface area contributed by atoms with Crippen molar-refractivity contribution in [2.24, 2.45) is 0 Å². The molecule has 0 saturated carbocycles. The van der Waals surface area contributed by atoms with Crippen LogP contribution in [0.1, 0.15) is 34.2 Å². The topological polar surface area (TPSA) is 59.8 Å². The van der Waals surface area contributed by atoms with Crippen molar-refractivity contribution in [1.82, 2.24) is 19.6 Å². The highest BCUT2D eigenvalue weighted by Gasteiger charge is 2.28. The summed E-state index contributed by atoms with van der Waals surface area (Å²) < 4.78 is 12.9. The van der Waals surface area contributed by atoms with Crippen LogP contribution in [0.25, 0.3) is 5.69 Å². The molecule has 0 spiro atoms. The zero-order chi connectivity index (χ0) is 24.1. The van der Waals surface area contributed by atoms with Crippen LogP contribution in [-0.4, -0.2) is 65.9 Å². The first kappa shape index (κ1) is 24.3. The molecule has 0 unspecified atom stereocenters. The Bertz CT molecular complexity index is 1150. The Morgan fingerprint density at radius 2 is 2.00 bits per heavy atom. The lowest BCUT2D eigenvalue weighted by Gasteiger charge is -2.27. The highest BCUT2D eigenvalue weighted by atomic mass is 35.5. The number of carbonyl (C=O) groups excluding carboxylic acids is 1. The highest BCUT2D eigenvalue weighted by molar-refractivity contribution is 6.30. The van der Waals surface area contributed by atoms with Crippen molar-refractivity contribution in [3.05, 3.63) is 76.1 Å². The third-order valence-electron chi connectivity index (χ3n) is 6.24. The van der Waals surface area contributed by atoms with Gasteiger partial charge in [0.25, 0.3) is 5.91 Å². The molecule has 0 fully saturated rings. The normalized spacial score (nSPS) is 13.5. The lowest BCUT2D eigenvalue weighted by Crippen LogP contribution is -2.35. The molecule has 0 saturated heterocycles. The van der Waals surface area contributed by atoms with E-state index in [0.29, 0.717) is 30.3 Å². The largest absolute Gasteiger partial charge is 0.494 e. The van der Waals surface area contributed by atoms with Gasteiger partial charge in [0.1, 0.15) is 11.4 Å². The van der Waals surface area contributed by atoms with E-state index in [0.717, 1.165) is 43.2 Å². The molecule has 0 N–H and O–H groups in total. The van der Waals surface area contributed by atoms with Gasteiger partial charge in [-0.3, -0.25) is 9.69 Å². The van der Waals surface area contributed by atoms with Crippen molar-refractivity contribution in [3.8, 4) is 11.4 Å². The van der Waals surface area contributed by atoms with Crippen LogP contribution < -0.4 is 4.74 Å². The number of amides is 1. The van der Waals surface area contributed by atoms with Crippen LogP contribution in [-0.2, 0) is 24.2 Å². The van der Waals surface area contributed by atoms with Gasteiger partial charge in [0.15, 0.2) is 0 Å². The number of hydrogen-bond donors (Lipinski definition) is 0. The van der Waals surface area contributed by atoms with Crippen molar-refractivity contribution in [1.29, 1.82) is 0 Å². The van der Waals surface area contributed by atoms with Gasteiger partial charge < -0.3 is 14.4 Å².